The molecule has 0 aliphatic carbocycles. The monoisotopic (exact) mass is 281 g/mol. The molecule has 0 amide bonds. The molecule has 0 bridgehead atoms. The van der Waals surface area contributed by atoms with E-state index in [1.165, 1.54) is 10.9 Å². The van der Waals surface area contributed by atoms with Crippen LogP contribution in [0, 0.1) is 6.92 Å². The van der Waals surface area contributed by atoms with Crippen LogP contribution in [0.4, 0.5) is 0 Å². The van der Waals surface area contributed by atoms with Crippen LogP contribution in [0.2, 0.25) is 5.02 Å². The molecule has 1 aromatic heterocycles. The van der Waals surface area contributed by atoms with Crippen LogP contribution in [-0.4, -0.2) is 32.7 Å². The molecule has 0 unspecified atom stereocenters. The van der Waals surface area contributed by atoms with Gasteiger partial charge in [0.1, 0.15) is 12.4 Å². The number of carbonyl (C=O) groups is 1. The number of carboxylic acid groups (broad SMARTS) is 1. The lowest BCUT2D eigenvalue weighted by Gasteiger charge is -2.07. The second-order valence-electron chi connectivity index (χ2n) is 3.93. The van der Waals surface area contributed by atoms with Gasteiger partial charge in [-0.25, -0.2) is 9.48 Å². The highest BCUT2D eigenvalue weighted by Gasteiger charge is 2.07. The fourth-order valence-electron chi connectivity index (χ4n) is 1.47. The van der Waals surface area contributed by atoms with Crippen LogP contribution >= 0.6 is 11.6 Å². The molecule has 19 heavy (non-hydrogen) atoms. The number of nitrogens with zero attached hydrogens (tertiary/aromatic N) is 3. The van der Waals surface area contributed by atoms with E-state index in [4.69, 9.17) is 21.4 Å². The molecule has 2 aromatic rings. The van der Waals surface area contributed by atoms with Crippen molar-refractivity contribution in [3.8, 4) is 5.75 Å². The Kier molecular flexibility index (Phi) is 4.01. The lowest BCUT2D eigenvalue weighted by molar-refractivity contribution is 0.0690. The van der Waals surface area contributed by atoms with Crippen molar-refractivity contribution in [1.29, 1.82) is 0 Å². The minimum Gasteiger partial charge on any atom is -0.492 e. The highest BCUT2D eigenvalue weighted by Crippen LogP contribution is 2.20. The summed E-state index contributed by atoms with van der Waals surface area (Å²) < 4.78 is 6.94. The first-order valence-electron chi connectivity index (χ1n) is 5.58. The fourth-order valence-corrected chi connectivity index (χ4v) is 1.59. The molecule has 100 valence electrons. The van der Waals surface area contributed by atoms with Gasteiger partial charge in [-0.3, -0.25) is 0 Å². The molecule has 0 saturated carbocycles. The molecule has 2 rings (SSSR count). The molecule has 0 radical (unpaired) electrons. The van der Waals surface area contributed by atoms with E-state index in [1.54, 1.807) is 12.1 Å². The molecule has 6 nitrogen and oxygen atoms in total. The summed E-state index contributed by atoms with van der Waals surface area (Å²) in [5.41, 5.74) is 0.857. The highest BCUT2D eigenvalue weighted by atomic mass is 35.5. The molecular weight excluding hydrogens is 270 g/mol. The number of halogens is 1. The van der Waals surface area contributed by atoms with Crippen LogP contribution in [0.5, 0.6) is 5.75 Å². The Morgan fingerprint density at radius 3 is 2.95 bits per heavy atom. The van der Waals surface area contributed by atoms with Crippen molar-refractivity contribution in [2.45, 2.75) is 13.5 Å². The van der Waals surface area contributed by atoms with Gasteiger partial charge in [0.25, 0.3) is 0 Å². The molecule has 1 heterocycles. The quantitative estimate of drug-likeness (QED) is 0.907. The van der Waals surface area contributed by atoms with Crippen LogP contribution in [0.25, 0.3) is 0 Å². The maximum atomic E-state index is 10.6. The topological polar surface area (TPSA) is 77.2 Å². The van der Waals surface area contributed by atoms with Crippen molar-refractivity contribution in [3.63, 3.8) is 0 Å². The van der Waals surface area contributed by atoms with Crippen molar-refractivity contribution in [1.82, 2.24) is 15.0 Å². The van der Waals surface area contributed by atoms with E-state index >= 15 is 0 Å². The zero-order chi connectivity index (χ0) is 13.8. The number of rotatable bonds is 5. The van der Waals surface area contributed by atoms with E-state index in [2.05, 4.69) is 10.3 Å². The summed E-state index contributed by atoms with van der Waals surface area (Å²) >= 11 is 5.91. The van der Waals surface area contributed by atoms with E-state index in [-0.39, 0.29) is 5.69 Å². The summed E-state index contributed by atoms with van der Waals surface area (Å²) in [6, 6.07) is 5.38. The molecular formula is C12H12ClN3O3. The lowest BCUT2D eigenvalue weighted by atomic mass is 10.2. The molecule has 1 N–H and O–H groups in total. The summed E-state index contributed by atoms with van der Waals surface area (Å²) in [6.45, 7) is 2.68. The summed E-state index contributed by atoms with van der Waals surface area (Å²) in [7, 11) is 0. The van der Waals surface area contributed by atoms with Gasteiger partial charge in [-0.1, -0.05) is 16.8 Å². The van der Waals surface area contributed by atoms with Gasteiger partial charge < -0.3 is 9.84 Å². The van der Waals surface area contributed by atoms with Gasteiger partial charge in [-0.15, -0.1) is 5.10 Å². The Morgan fingerprint density at radius 2 is 2.32 bits per heavy atom. The number of ether oxygens (including phenoxy) is 1. The first kappa shape index (κ1) is 13.4. The molecule has 0 fully saturated rings. The predicted octanol–water partition coefficient (Wildman–Crippen LogP) is 2.02. The number of benzene rings is 1. The zero-order valence-electron chi connectivity index (χ0n) is 10.2. The normalized spacial score (nSPS) is 10.4. The number of aryl methyl sites for hydroxylation is 1. The fraction of sp³-hybridized carbons (Fsp3) is 0.250. The van der Waals surface area contributed by atoms with Crippen LogP contribution in [-0.2, 0) is 6.54 Å². The van der Waals surface area contributed by atoms with Crippen LogP contribution in [0.15, 0.2) is 24.4 Å². The first-order chi connectivity index (χ1) is 9.06. The Bertz CT molecular complexity index is 598. The Morgan fingerprint density at radius 1 is 1.53 bits per heavy atom. The van der Waals surface area contributed by atoms with Gasteiger partial charge in [0.2, 0.25) is 0 Å². The van der Waals surface area contributed by atoms with E-state index in [9.17, 15) is 4.79 Å². The highest BCUT2D eigenvalue weighted by molar-refractivity contribution is 6.31. The van der Waals surface area contributed by atoms with Gasteiger partial charge in [0.15, 0.2) is 5.69 Å². The van der Waals surface area contributed by atoms with E-state index < -0.39 is 5.97 Å². The summed E-state index contributed by atoms with van der Waals surface area (Å²) in [5, 5.41) is 16.6. The van der Waals surface area contributed by atoms with Crippen molar-refractivity contribution < 1.29 is 14.6 Å². The molecule has 0 saturated heterocycles. The average Bonchev–Trinajstić information content (AvgIpc) is 2.83. The maximum Gasteiger partial charge on any atom is 0.358 e. The van der Waals surface area contributed by atoms with Gasteiger partial charge in [-0.05, 0) is 30.7 Å². The third kappa shape index (κ3) is 3.45. The predicted molar refractivity (Wildman–Crippen MR) is 68.7 cm³/mol. The number of carboxylic acids is 1. The summed E-state index contributed by atoms with van der Waals surface area (Å²) in [5.74, 6) is -0.388. The Balaban J connectivity index is 1.88. The van der Waals surface area contributed by atoms with Crippen LogP contribution in [0.3, 0.4) is 0 Å². The van der Waals surface area contributed by atoms with Crippen molar-refractivity contribution in [2.24, 2.45) is 0 Å². The van der Waals surface area contributed by atoms with Gasteiger partial charge >= 0.3 is 5.97 Å². The largest absolute Gasteiger partial charge is 0.492 e. The summed E-state index contributed by atoms with van der Waals surface area (Å²) in [6.07, 6.45) is 1.36. The van der Waals surface area contributed by atoms with Gasteiger partial charge in [0.05, 0.1) is 12.7 Å². The van der Waals surface area contributed by atoms with Crippen molar-refractivity contribution in [2.75, 3.05) is 6.61 Å². The summed E-state index contributed by atoms with van der Waals surface area (Å²) in [4.78, 5) is 10.6. The van der Waals surface area contributed by atoms with Gasteiger partial charge in [-0.2, -0.15) is 0 Å². The third-order valence-corrected chi connectivity index (χ3v) is 2.90. The van der Waals surface area contributed by atoms with E-state index in [1.807, 2.05) is 13.0 Å². The average molecular weight is 282 g/mol. The second kappa shape index (κ2) is 5.71. The second-order valence-corrected chi connectivity index (χ2v) is 4.34. The molecule has 7 heteroatoms. The van der Waals surface area contributed by atoms with Crippen LogP contribution in [0.1, 0.15) is 16.1 Å². The molecule has 0 aliphatic rings. The number of hydrogen-bond donors (Lipinski definition) is 1. The lowest BCUT2D eigenvalue weighted by Crippen LogP contribution is -2.08. The van der Waals surface area contributed by atoms with E-state index in [0.29, 0.717) is 23.9 Å². The van der Waals surface area contributed by atoms with Crippen molar-refractivity contribution in [3.05, 3.63) is 40.7 Å². The third-order valence-electron chi connectivity index (χ3n) is 2.48. The molecule has 0 spiro atoms. The Labute approximate surface area is 114 Å². The molecule has 0 atom stereocenters. The number of hydrogen-bond acceptors (Lipinski definition) is 4. The van der Waals surface area contributed by atoms with Crippen molar-refractivity contribution >= 4 is 17.6 Å². The zero-order valence-corrected chi connectivity index (χ0v) is 11.0. The first-order valence-corrected chi connectivity index (χ1v) is 5.96. The minimum atomic E-state index is -1.10. The smallest absolute Gasteiger partial charge is 0.358 e. The maximum absolute atomic E-state index is 10.6. The number of aromatic carboxylic acids is 1. The number of aromatic nitrogens is 3. The van der Waals surface area contributed by atoms with E-state index in [0.717, 1.165) is 5.56 Å². The van der Waals surface area contributed by atoms with Gasteiger partial charge in [0, 0.05) is 5.02 Å². The molecule has 0 aliphatic heterocycles. The minimum absolute atomic E-state index is 0.0812. The van der Waals surface area contributed by atoms with Crippen LogP contribution < -0.4 is 4.74 Å². The Hall–Kier alpha value is -2.08. The SMILES string of the molecule is Cc1cc(OCCn2cc(C(=O)O)nn2)ccc1Cl. The standard InChI is InChI=1S/C12H12ClN3O3/c1-8-6-9(2-3-10(8)13)19-5-4-16-7-11(12(17)18)14-15-16/h2-3,6-7H,4-5H2,1H3,(H,17,18). The molecule has 1 aromatic carbocycles.